The Morgan fingerprint density at radius 3 is 2.77 bits per heavy atom. The molecule has 114 valence electrons. The molecular weight excluding hydrogens is 437 g/mol. The fourth-order valence-corrected chi connectivity index (χ4v) is 3.66. The molecule has 0 unspecified atom stereocenters. The first-order valence-electron chi connectivity index (χ1n) is 6.18. The molecule has 0 saturated carbocycles. The zero-order valence-electron chi connectivity index (χ0n) is 11.1. The lowest BCUT2D eigenvalue weighted by Crippen LogP contribution is -2.28. The number of hydrogen-bond donors (Lipinski definition) is 2. The molecule has 1 aromatic heterocycles. The number of nitriles is 1. The van der Waals surface area contributed by atoms with E-state index in [-0.39, 0.29) is 11.5 Å². The second-order valence-electron chi connectivity index (χ2n) is 4.19. The first kappa shape index (κ1) is 16.9. The van der Waals surface area contributed by atoms with Crippen LogP contribution < -0.4 is 10.6 Å². The van der Waals surface area contributed by atoms with Gasteiger partial charge in [-0.15, -0.1) is 11.3 Å². The van der Waals surface area contributed by atoms with E-state index in [9.17, 15) is 9.18 Å². The number of rotatable bonds is 5. The first-order chi connectivity index (χ1) is 10.5. The maximum Gasteiger partial charge on any atom is 0.261 e. The minimum Gasteiger partial charge on any atom is -0.382 e. The highest BCUT2D eigenvalue weighted by Crippen LogP contribution is 2.32. The summed E-state index contributed by atoms with van der Waals surface area (Å²) in [5, 5.41) is 14.6. The third kappa shape index (κ3) is 4.06. The van der Waals surface area contributed by atoms with Gasteiger partial charge in [0.2, 0.25) is 0 Å². The van der Waals surface area contributed by atoms with Crippen LogP contribution in [0.5, 0.6) is 0 Å². The number of hydrogen-bond acceptors (Lipinski definition) is 4. The van der Waals surface area contributed by atoms with E-state index in [1.165, 1.54) is 23.5 Å². The van der Waals surface area contributed by atoms with Crippen LogP contribution in [0.3, 0.4) is 0 Å². The number of carbonyl (C=O) groups excluding carboxylic acids is 1. The summed E-state index contributed by atoms with van der Waals surface area (Å²) in [6, 6.07) is 7.93. The number of halogens is 3. The van der Waals surface area contributed by atoms with Crippen LogP contribution in [0.2, 0.25) is 0 Å². The van der Waals surface area contributed by atoms with Crippen molar-refractivity contribution in [1.82, 2.24) is 5.32 Å². The van der Waals surface area contributed by atoms with E-state index in [2.05, 4.69) is 42.5 Å². The molecule has 0 aliphatic rings. The van der Waals surface area contributed by atoms with Crippen LogP contribution >= 0.6 is 43.2 Å². The van der Waals surface area contributed by atoms with Gasteiger partial charge in [0.25, 0.3) is 5.91 Å². The summed E-state index contributed by atoms with van der Waals surface area (Å²) in [5.41, 5.74) is 0.387. The van der Waals surface area contributed by atoms with Crippen LogP contribution in [0, 0.1) is 17.1 Å². The molecule has 2 rings (SSSR count). The Hall–Kier alpha value is -1.43. The monoisotopic (exact) mass is 445 g/mol. The molecule has 2 N–H and O–H groups in total. The molecule has 8 heteroatoms. The van der Waals surface area contributed by atoms with Crippen molar-refractivity contribution in [2.24, 2.45) is 0 Å². The van der Waals surface area contributed by atoms with Gasteiger partial charge in [-0.1, -0.05) is 6.07 Å². The molecule has 0 aliphatic heterocycles. The van der Waals surface area contributed by atoms with Gasteiger partial charge in [0.1, 0.15) is 17.4 Å². The fourth-order valence-electron chi connectivity index (χ4n) is 1.70. The second kappa shape index (κ2) is 7.72. The minimum atomic E-state index is -0.565. The zero-order valence-corrected chi connectivity index (χ0v) is 15.1. The van der Waals surface area contributed by atoms with Gasteiger partial charge in [0.05, 0.1) is 14.4 Å². The van der Waals surface area contributed by atoms with Gasteiger partial charge in [-0.25, -0.2) is 4.39 Å². The average Bonchev–Trinajstić information content (AvgIpc) is 2.83. The number of nitrogens with one attached hydrogen (secondary N) is 2. The van der Waals surface area contributed by atoms with E-state index in [1.54, 1.807) is 12.1 Å². The molecule has 1 heterocycles. The van der Waals surface area contributed by atoms with Crippen molar-refractivity contribution < 1.29 is 9.18 Å². The van der Waals surface area contributed by atoms with Crippen molar-refractivity contribution in [2.45, 2.75) is 0 Å². The van der Waals surface area contributed by atoms with E-state index in [4.69, 9.17) is 5.26 Å². The highest BCUT2D eigenvalue weighted by molar-refractivity contribution is 9.13. The van der Waals surface area contributed by atoms with E-state index in [0.717, 1.165) is 8.26 Å². The number of nitrogens with zero attached hydrogens (tertiary/aromatic N) is 1. The van der Waals surface area contributed by atoms with Gasteiger partial charge in [-0.3, -0.25) is 4.79 Å². The lowest BCUT2D eigenvalue weighted by molar-refractivity contribution is 0.0959. The van der Waals surface area contributed by atoms with Crippen LogP contribution in [0.1, 0.15) is 15.2 Å². The topological polar surface area (TPSA) is 64.9 Å². The molecule has 0 spiro atoms. The summed E-state index contributed by atoms with van der Waals surface area (Å²) < 4.78 is 15.1. The van der Waals surface area contributed by atoms with Gasteiger partial charge in [-0.05, 0) is 50.1 Å². The molecule has 0 saturated heterocycles. The van der Waals surface area contributed by atoms with E-state index in [0.29, 0.717) is 23.7 Å². The Kier molecular flexibility index (Phi) is 5.94. The van der Waals surface area contributed by atoms with E-state index in [1.807, 2.05) is 6.07 Å². The first-order valence-corrected chi connectivity index (χ1v) is 8.58. The van der Waals surface area contributed by atoms with E-state index < -0.39 is 5.82 Å². The van der Waals surface area contributed by atoms with E-state index >= 15 is 0 Å². The third-order valence-electron chi connectivity index (χ3n) is 2.72. The number of thiophene rings is 1. The Bertz CT molecular complexity index is 723. The van der Waals surface area contributed by atoms with Crippen LogP contribution in [0.25, 0.3) is 0 Å². The zero-order chi connectivity index (χ0) is 16.1. The predicted molar refractivity (Wildman–Crippen MR) is 91.7 cm³/mol. The van der Waals surface area contributed by atoms with Crippen LogP contribution in [0.4, 0.5) is 10.1 Å². The van der Waals surface area contributed by atoms with Crippen LogP contribution in [-0.2, 0) is 0 Å². The Morgan fingerprint density at radius 1 is 1.36 bits per heavy atom. The number of anilines is 1. The Morgan fingerprint density at radius 2 is 2.14 bits per heavy atom. The van der Waals surface area contributed by atoms with Crippen molar-refractivity contribution in [2.75, 3.05) is 18.4 Å². The summed E-state index contributed by atoms with van der Waals surface area (Å²) in [6.07, 6.45) is 0. The second-order valence-corrected chi connectivity index (χ2v) is 7.41. The van der Waals surface area contributed by atoms with Crippen LogP contribution in [-0.4, -0.2) is 19.0 Å². The maximum atomic E-state index is 13.4. The average molecular weight is 447 g/mol. The maximum absolute atomic E-state index is 13.4. The van der Waals surface area contributed by atoms with Gasteiger partial charge in [0, 0.05) is 17.6 Å². The molecule has 0 aliphatic carbocycles. The molecule has 0 atom stereocenters. The summed E-state index contributed by atoms with van der Waals surface area (Å²) >= 11 is 7.99. The molecule has 0 bridgehead atoms. The minimum absolute atomic E-state index is 0.0278. The normalized spacial score (nSPS) is 10.1. The molecular formula is C14H10Br2FN3OS. The highest BCUT2D eigenvalue weighted by atomic mass is 79.9. The summed E-state index contributed by atoms with van der Waals surface area (Å²) in [6.45, 7) is 0.741. The fraction of sp³-hybridized carbons (Fsp3) is 0.143. The van der Waals surface area contributed by atoms with Crippen molar-refractivity contribution in [3.8, 4) is 6.07 Å². The quantitative estimate of drug-likeness (QED) is 0.678. The largest absolute Gasteiger partial charge is 0.382 e. The van der Waals surface area contributed by atoms with Gasteiger partial charge in [-0.2, -0.15) is 5.26 Å². The molecule has 22 heavy (non-hydrogen) atoms. The number of amides is 1. The van der Waals surface area contributed by atoms with Gasteiger partial charge < -0.3 is 10.6 Å². The summed E-state index contributed by atoms with van der Waals surface area (Å²) in [5.74, 6) is -0.747. The lowest BCUT2D eigenvalue weighted by atomic mass is 10.2. The molecule has 2 aromatic rings. The highest BCUT2D eigenvalue weighted by Gasteiger charge is 2.11. The van der Waals surface area contributed by atoms with Crippen molar-refractivity contribution >= 4 is 54.8 Å². The van der Waals surface area contributed by atoms with Gasteiger partial charge in [0.15, 0.2) is 0 Å². The Labute approximate surface area is 147 Å². The predicted octanol–water partition coefficient (Wildman–Crippen LogP) is 4.13. The Balaban J connectivity index is 1.86. The SMILES string of the molecule is N#Cc1c(F)cccc1NCCNC(=O)c1cc(Br)c(Br)s1. The van der Waals surface area contributed by atoms with Gasteiger partial charge >= 0.3 is 0 Å². The van der Waals surface area contributed by atoms with Crippen molar-refractivity contribution in [1.29, 1.82) is 5.26 Å². The molecule has 4 nitrogen and oxygen atoms in total. The van der Waals surface area contributed by atoms with Crippen molar-refractivity contribution in [3.05, 3.63) is 48.8 Å². The van der Waals surface area contributed by atoms with Crippen molar-refractivity contribution in [3.63, 3.8) is 0 Å². The standard InChI is InChI=1S/C14H10Br2FN3OS/c15-9-6-12(22-13(9)16)14(21)20-5-4-19-11-3-1-2-10(17)8(11)7-18/h1-3,6,19H,4-5H2,(H,20,21). The lowest BCUT2D eigenvalue weighted by Gasteiger charge is -2.09. The molecule has 0 fully saturated rings. The molecule has 1 aromatic carbocycles. The summed E-state index contributed by atoms with van der Waals surface area (Å²) in [7, 11) is 0. The summed E-state index contributed by atoms with van der Waals surface area (Å²) in [4.78, 5) is 12.5. The number of carbonyl (C=O) groups is 1. The van der Waals surface area contributed by atoms with Crippen LogP contribution in [0.15, 0.2) is 32.5 Å². The molecule has 1 amide bonds. The number of benzene rings is 1. The molecule has 0 radical (unpaired) electrons. The smallest absolute Gasteiger partial charge is 0.261 e. The third-order valence-corrected chi connectivity index (χ3v) is 5.98.